The summed E-state index contributed by atoms with van der Waals surface area (Å²) < 4.78 is 18.7. The predicted molar refractivity (Wildman–Crippen MR) is 104 cm³/mol. The summed E-state index contributed by atoms with van der Waals surface area (Å²) in [5.41, 5.74) is 2.14. The van der Waals surface area contributed by atoms with Crippen molar-refractivity contribution in [1.29, 1.82) is 0 Å². The summed E-state index contributed by atoms with van der Waals surface area (Å²) >= 11 is 6.02. The van der Waals surface area contributed by atoms with Crippen LogP contribution in [0.3, 0.4) is 0 Å². The lowest BCUT2D eigenvalue weighted by molar-refractivity contribution is -0.0628. The van der Waals surface area contributed by atoms with Crippen LogP contribution in [0.4, 0.5) is 4.39 Å². The van der Waals surface area contributed by atoms with Gasteiger partial charge in [-0.15, -0.1) is 0 Å². The number of nitrogens with one attached hydrogen (secondary N) is 1. The molecule has 1 aromatic carbocycles. The minimum absolute atomic E-state index is 0.104. The molecule has 1 aliphatic rings. The van der Waals surface area contributed by atoms with Crippen LogP contribution in [0.25, 0.3) is 0 Å². The standard InChI is InChI=1S/C20H29ClFNO4/c1-12-8-15(21)9-13(2)20(12)27-7-5-3-4-6-23-16-10-14(11-22)17(24)19(26)18(16)25/h8-10,16-19,23-26H,3-7,11H2,1-2H3/t16-,17+,18+,19+/m1/s1. The van der Waals surface area contributed by atoms with Crippen molar-refractivity contribution in [3.63, 3.8) is 0 Å². The predicted octanol–water partition coefficient (Wildman–Crippen LogP) is 2.46. The Kier molecular flexibility index (Phi) is 8.51. The molecule has 4 atom stereocenters. The number of ether oxygens (including phenoxy) is 1. The van der Waals surface area contributed by atoms with Gasteiger partial charge in [0.05, 0.1) is 12.6 Å². The highest BCUT2D eigenvalue weighted by molar-refractivity contribution is 6.30. The normalized spacial score (nSPS) is 25.4. The van der Waals surface area contributed by atoms with Gasteiger partial charge in [0.1, 0.15) is 30.7 Å². The fourth-order valence-electron chi connectivity index (χ4n) is 3.32. The molecule has 27 heavy (non-hydrogen) atoms. The van der Waals surface area contributed by atoms with Gasteiger partial charge in [0.15, 0.2) is 0 Å². The van der Waals surface area contributed by atoms with Crippen LogP contribution in [-0.2, 0) is 0 Å². The third-order valence-corrected chi connectivity index (χ3v) is 5.06. The minimum atomic E-state index is -1.38. The number of halogens is 2. The molecule has 0 radical (unpaired) electrons. The summed E-state index contributed by atoms with van der Waals surface area (Å²) in [6, 6.07) is 3.20. The van der Waals surface area contributed by atoms with Crippen LogP contribution in [0.15, 0.2) is 23.8 Å². The maximum Gasteiger partial charge on any atom is 0.125 e. The van der Waals surface area contributed by atoms with E-state index < -0.39 is 31.0 Å². The first kappa shape index (κ1) is 22.1. The van der Waals surface area contributed by atoms with Gasteiger partial charge in [-0.25, -0.2) is 4.39 Å². The molecule has 0 bridgehead atoms. The first-order chi connectivity index (χ1) is 12.8. The van der Waals surface area contributed by atoms with Crippen LogP contribution < -0.4 is 10.1 Å². The van der Waals surface area contributed by atoms with Crippen molar-refractivity contribution in [1.82, 2.24) is 5.32 Å². The zero-order chi connectivity index (χ0) is 20.0. The molecule has 0 fully saturated rings. The van der Waals surface area contributed by atoms with Crippen LogP contribution >= 0.6 is 11.6 Å². The molecule has 0 amide bonds. The number of rotatable bonds is 9. The monoisotopic (exact) mass is 401 g/mol. The Hall–Kier alpha value is -1.18. The van der Waals surface area contributed by atoms with Crippen molar-refractivity contribution in [3.05, 3.63) is 39.9 Å². The number of hydrogen-bond acceptors (Lipinski definition) is 5. The molecular weight excluding hydrogens is 373 g/mol. The van der Waals surface area contributed by atoms with Crippen molar-refractivity contribution >= 4 is 11.6 Å². The van der Waals surface area contributed by atoms with Crippen LogP contribution in [-0.4, -0.2) is 59.5 Å². The third-order valence-electron chi connectivity index (χ3n) is 4.84. The molecule has 0 heterocycles. The number of alkyl halides is 1. The third kappa shape index (κ3) is 5.90. The van der Waals surface area contributed by atoms with Crippen molar-refractivity contribution < 1.29 is 24.4 Å². The van der Waals surface area contributed by atoms with Gasteiger partial charge in [-0.2, -0.15) is 0 Å². The quantitative estimate of drug-likeness (QED) is 0.377. The number of unbranched alkanes of at least 4 members (excludes halogenated alkanes) is 2. The van der Waals surface area contributed by atoms with Crippen molar-refractivity contribution in [2.45, 2.75) is 57.5 Å². The smallest absolute Gasteiger partial charge is 0.125 e. The molecule has 152 valence electrons. The second kappa shape index (κ2) is 10.4. The van der Waals surface area contributed by atoms with Crippen LogP contribution in [0.1, 0.15) is 30.4 Å². The Bertz CT molecular complexity index is 632. The number of aliphatic hydroxyl groups excluding tert-OH is 3. The summed E-state index contributed by atoms with van der Waals surface area (Å²) in [6.45, 7) is 4.31. The maximum absolute atomic E-state index is 12.9. The van der Waals surface area contributed by atoms with E-state index in [1.165, 1.54) is 6.08 Å². The maximum atomic E-state index is 12.9. The van der Waals surface area contributed by atoms with Gasteiger partial charge in [-0.1, -0.05) is 17.7 Å². The molecule has 1 aromatic rings. The van der Waals surface area contributed by atoms with Crippen LogP contribution in [0.2, 0.25) is 5.02 Å². The van der Waals surface area contributed by atoms with Crippen molar-refractivity contribution in [2.75, 3.05) is 19.8 Å². The van der Waals surface area contributed by atoms with E-state index in [1.54, 1.807) is 0 Å². The Morgan fingerprint density at radius 2 is 1.74 bits per heavy atom. The van der Waals surface area contributed by atoms with Gasteiger partial charge >= 0.3 is 0 Å². The highest BCUT2D eigenvalue weighted by Crippen LogP contribution is 2.27. The molecular formula is C20H29ClFNO4. The van der Waals surface area contributed by atoms with E-state index in [9.17, 15) is 19.7 Å². The molecule has 4 N–H and O–H groups in total. The first-order valence-corrected chi connectivity index (χ1v) is 9.66. The van der Waals surface area contributed by atoms with E-state index >= 15 is 0 Å². The lowest BCUT2D eigenvalue weighted by Gasteiger charge is -2.34. The average Bonchev–Trinajstić information content (AvgIpc) is 2.62. The van der Waals surface area contributed by atoms with Gasteiger partial charge < -0.3 is 25.4 Å². The summed E-state index contributed by atoms with van der Waals surface area (Å²) in [4.78, 5) is 0. The first-order valence-electron chi connectivity index (χ1n) is 9.28. The minimum Gasteiger partial charge on any atom is -0.493 e. The molecule has 0 aromatic heterocycles. The highest BCUT2D eigenvalue weighted by atomic mass is 35.5. The molecule has 0 unspecified atom stereocenters. The summed E-state index contributed by atoms with van der Waals surface area (Å²) in [5, 5.41) is 33.3. The Balaban J connectivity index is 1.68. The fraction of sp³-hybridized carbons (Fsp3) is 0.600. The second-order valence-corrected chi connectivity index (χ2v) is 7.50. The number of aryl methyl sites for hydroxylation is 2. The largest absolute Gasteiger partial charge is 0.493 e. The van der Waals surface area contributed by atoms with E-state index in [0.717, 1.165) is 36.1 Å². The molecule has 0 saturated carbocycles. The van der Waals surface area contributed by atoms with Gasteiger partial charge in [0.2, 0.25) is 0 Å². The lowest BCUT2D eigenvalue weighted by Crippen LogP contribution is -2.54. The van der Waals surface area contributed by atoms with E-state index in [2.05, 4.69) is 5.32 Å². The highest BCUT2D eigenvalue weighted by Gasteiger charge is 2.36. The van der Waals surface area contributed by atoms with Gasteiger partial charge in [-0.05, 0) is 68.5 Å². The van der Waals surface area contributed by atoms with E-state index in [4.69, 9.17) is 16.3 Å². The summed E-state index contributed by atoms with van der Waals surface area (Å²) in [6.07, 6.45) is 0.238. The Morgan fingerprint density at radius 1 is 1.07 bits per heavy atom. The van der Waals surface area contributed by atoms with E-state index in [1.807, 2.05) is 26.0 Å². The Morgan fingerprint density at radius 3 is 2.37 bits per heavy atom. The average molecular weight is 402 g/mol. The number of benzene rings is 1. The molecule has 0 spiro atoms. The lowest BCUT2D eigenvalue weighted by atomic mass is 9.88. The van der Waals surface area contributed by atoms with Gasteiger partial charge in [0.25, 0.3) is 0 Å². The van der Waals surface area contributed by atoms with Gasteiger partial charge in [0, 0.05) is 5.02 Å². The number of aliphatic hydroxyl groups is 3. The van der Waals surface area contributed by atoms with Crippen LogP contribution in [0, 0.1) is 13.8 Å². The summed E-state index contributed by atoms with van der Waals surface area (Å²) in [7, 11) is 0. The van der Waals surface area contributed by atoms with Crippen molar-refractivity contribution in [3.8, 4) is 5.75 Å². The van der Waals surface area contributed by atoms with E-state index in [0.29, 0.717) is 18.2 Å². The molecule has 5 nitrogen and oxygen atoms in total. The fourth-order valence-corrected chi connectivity index (χ4v) is 3.65. The zero-order valence-electron chi connectivity index (χ0n) is 15.8. The SMILES string of the molecule is Cc1cc(Cl)cc(C)c1OCCCCCN[C@@H]1C=C(CF)[C@H](O)[C@H](O)[C@H]1O. The molecule has 1 aliphatic carbocycles. The van der Waals surface area contributed by atoms with Gasteiger partial charge in [-0.3, -0.25) is 0 Å². The zero-order valence-corrected chi connectivity index (χ0v) is 16.5. The topological polar surface area (TPSA) is 82.0 Å². The van der Waals surface area contributed by atoms with E-state index in [-0.39, 0.29) is 5.57 Å². The molecule has 7 heteroatoms. The Labute approximate surface area is 164 Å². The number of hydrogen-bond donors (Lipinski definition) is 4. The molecule has 0 saturated heterocycles. The van der Waals surface area contributed by atoms with Crippen molar-refractivity contribution in [2.24, 2.45) is 0 Å². The molecule has 0 aliphatic heterocycles. The second-order valence-electron chi connectivity index (χ2n) is 7.06. The summed E-state index contributed by atoms with van der Waals surface area (Å²) in [5.74, 6) is 0.874. The molecule has 2 rings (SSSR count). The van der Waals surface area contributed by atoms with Crippen LogP contribution in [0.5, 0.6) is 5.75 Å².